The number of nitrogens with one attached hydrogen (secondary N) is 1. The van der Waals surface area contributed by atoms with Gasteiger partial charge >= 0.3 is 0 Å². The first kappa shape index (κ1) is 14.5. The standard InChI is InChI=1S/C14H20Br2N2/c1-9(10-2-3-10)8-18-14(7-17)11-4-5-12(15)13(16)6-11/h4-6,9-10,14,18H,2-3,7-8,17H2,1H3. The van der Waals surface area contributed by atoms with Gasteiger partial charge in [-0.25, -0.2) is 0 Å². The molecule has 0 radical (unpaired) electrons. The molecule has 3 N–H and O–H groups in total. The molecule has 0 aliphatic heterocycles. The number of rotatable bonds is 6. The average molecular weight is 376 g/mol. The summed E-state index contributed by atoms with van der Waals surface area (Å²) in [7, 11) is 0. The van der Waals surface area contributed by atoms with E-state index in [1.807, 2.05) is 0 Å². The van der Waals surface area contributed by atoms with Gasteiger partial charge in [0, 0.05) is 21.5 Å². The Morgan fingerprint density at radius 3 is 2.61 bits per heavy atom. The monoisotopic (exact) mass is 374 g/mol. The molecular formula is C14H20Br2N2. The molecule has 18 heavy (non-hydrogen) atoms. The number of hydrogen-bond donors (Lipinski definition) is 2. The fourth-order valence-corrected chi connectivity index (χ4v) is 2.87. The van der Waals surface area contributed by atoms with E-state index in [2.05, 4.69) is 62.3 Å². The summed E-state index contributed by atoms with van der Waals surface area (Å²) in [5.41, 5.74) is 7.13. The fourth-order valence-electron chi connectivity index (χ4n) is 2.23. The predicted octanol–water partition coefficient (Wildman–Crippen LogP) is 3.85. The normalized spacial score (nSPS) is 18.7. The Bertz CT molecular complexity index is 405. The summed E-state index contributed by atoms with van der Waals surface area (Å²) < 4.78 is 2.16. The molecule has 1 fully saturated rings. The van der Waals surface area contributed by atoms with Crippen LogP contribution in [0.1, 0.15) is 31.4 Å². The molecule has 0 amide bonds. The molecule has 0 aromatic heterocycles. The first-order valence-electron chi connectivity index (χ1n) is 6.50. The van der Waals surface area contributed by atoms with Crippen LogP contribution in [0.4, 0.5) is 0 Å². The molecule has 4 heteroatoms. The lowest BCUT2D eigenvalue weighted by atomic mass is 10.0. The van der Waals surface area contributed by atoms with Crippen LogP contribution in [-0.4, -0.2) is 13.1 Å². The second-order valence-electron chi connectivity index (χ2n) is 5.18. The van der Waals surface area contributed by atoms with E-state index in [0.717, 1.165) is 27.3 Å². The summed E-state index contributed by atoms with van der Waals surface area (Å²) in [6.45, 7) is 4.02. The van der Waals surface area contributed by atoms with Gasteiger partial charge in [0.25, 0.3) is 0 Å². The van der Waals surface area contributed by atoms with Gasteiger partial charge in [0.1, 0.15) is 0 Å². The number of benzene rings is 1. The van der Waals surface area contributed by atoms with Gasteiger partial charge < -0.3 is 11.1 Å². The Labute approximate surface area is 126 Å². The zero-order valence-corrected chi connectivity index (χ0v) is 13.8. The van der Waals surface area contributed by atoms with E-state index < -0.39 is 0 Å². The quantitative estimate of drug-likeness (QED) is 0.792. The summed E-state index contributed by atoms with van der Waals surface area (Å²) in [5, 5.41) is 3.59. The van der Waals surface area contributed by atoms with Crippen molar-refractivity contribution in [2.45, 2.75) is 25.8 Å². The average Bonchev–Trinajstić information content (AvgIpc) is 3.18. The van der Waals surface area contributed by atoms with E-state index >= 15 is 0 Å². The molecule has 0 saturated heterocycles. The molecule has 2 atom stereocenters. The number of nitrogens with two attached hydrogens (primary N) is 1. The third-order valence-electron chi connectivity index (χ3n) is 3.69. The van der Waals surface area contributed by atoms with Crippen LogP contribution in [-0.2, 0) is 0 Å². The van der Waals surface area contributed by atoms with E-state index in [0.29, 0.717) is 6.54 Å². The first-order valence-corrected chi connectivity index (χ1v) is 8.08. The highest BCUT2D eigenvalue weighted by Gasteiger charge is 2.28. The van der Waals surface area contributed by atoms with Gasteiger partial charge in [-0.2, -0.15) is 0 Å². The SMILES string of the molecule is CC(CNC(CN)c1ccc(Br)c(Br)c1)C1CC1. The van der Waals surface area contributed by atoms with Crippen LogP contribution in [0.25, 0.3) is 0 Å². The molecule has 2 nitrogen and oxygen atoms in total. The second kappa shape index (κ2) is 6.51. The number of hydrogen-bond acceptors (Lipinski definition) is 2. The van der Waals surface area contributed by atoms with Crippen molar-refractivity contribution in [2.24, 2.45) is 17.6 Å². The first-order chi connectivity index (χ1) is 8.61. The van der Waals surface area contributed by atoms with Gasteiger partial charge in [-0.3, -0.25) is 0 Å². The van der Waals surface area contributed by atoms with E-state index in [4.69, 9.17) is 5.73 Å². The highest BCUT2D eigenvalue weighted by atomic mass is 79.9. The Kier molecular flexibility index (Phi) is 5.24. The van der Waals surface area contributed by atoms with Crippen molar-refractivity contribution < 1.29 is 0 Å². The molecule has 0 bridgehead atoms. The molecule has 1 aliphatic rings. The molecule has 1 aliphatic carbocycles. The van der Waals surface area contributed by atoms with E-state index in [-0.39, 0.29) is 6.04 Å². The van der Waals surface area contributed by atoms with Gasteiger partial charge in [-0.05, 0) is 80.8 Å². The van der Waals surface area contributed by atoms with Crippen molar-refractivity contribution in [1.29, 1.82) is 0 Å². The fraction of sp³-hybridized carbons (Fsp3) is 0.571. The Morgan fingerprint density at radius 2 is 2.06 bits per heavy atom. The smallest absolute Gasteiger partial charge is 0.0445 e. The molecular weight excluding hydrogens is 356 g/mol. The van der Waals surface area contributed by atoms with Crippen molar-refractivity contribution >= 4 is 31.9 Å². The minimum Gasteiger partial charge on any atom is -0.329 e. The third-order valence-corrected chi connectivity index (χ3v) is 5.57. The van der Waals surface area contributed by atoms with E-state index in [1.165, 1.54) is 18.4 Å². The zero-order chi connectivity index (χ0) is 13.1. The maximum atomic E-state index is 5.88. The zero-order valence-electron chi connectivity index (χ0n) is 10.6. The molecule has 1 aromatic carbocycles. The topological polar surface area (TPSA) is 38.0 Å². The molecule has 2 rings (SSSR count). The van der Waals surface area contributed by atoms with Crippen molar-refractivity contribution in [1.82, 2.24) is 5.32 Å². The maximum Gasteiger partial charge on any atom is 0.0445 e. The Morgan fingerprint density at radius 1 is 1.33 bits per heavy atom. The van der Waals surface area contributed by atoms with Gasteiger partial charge in [0.2, 0.25) is 0 Å². The van der Waals surface area contributed by atoms with Gasteiger partial charge in [0.05, 0.1) is 0 Å². The summed E-state index contributed by atoms with van der Waals surface area (Å²) in [6, 6.07) is 6.57. The van der Waals surface area contributed by atoms with Crippen LogP contribution < -0.4 is 11.1 Å². The van der Waals surface area contributed by atoms with Crippen LogP contribution in [0.15, 0.2) is 27.1 Å². The van der Waals surface area contributed by atoms with E-state index in [1.54, 1.807) is 0 Å². The molecule has 1 saturated carbocycles. The lowest BCUT2D eigenvalue weighted by Gasteiger charge is -2.20. The highest BCUT2D eigenvalue weighted by molar-refractivity contribution is 9.13. The Hall–Kier alpha value is 0.1000. The van der Waals surface area contributed by atoms with Gasteiger partial charge in [-0.1, -0.05) is 13.0 Å². The highest BCUT2D eigenvalue weighted by Crippen LogP contribution is 2.36. The van der Waals surface area contributed by atoms with Crippen molar-refractivity contribution in [3.05, 3.63) is 32.7 Å². The minimum atomic E-state index is 0.246. The van der Waals surface area contributed by atoms with Crippen molar-refractivity contribution in [2.75, 3.05) is 13.1 Å². The van der Waals surface area contributed by atoms with Crippen LogP contribution in [0, 0.1) is 11.8 Å². The number of halogens is 2. The minimum absolute atomic E-state index is 0.246. The summed E-state index contributed by atoms with van der Waals surface area (Å²) in [6.07, 6.45) is 2.81. The predicted molar refractivity (Wildman–Crippen MR) is 83.5 cm³/mol. The van der Waals surface area contributed by atoms with Crippen LogP contribution >= 0.6 is 31.9 Å². The lowest BCUT2D eigenvalue weighted by molar-refractivity contribution is 0.422. The third kappa shape index (κ3) is 3.80. The molecule has 0 heterocycles. The maximum absolute atomic E-state index is 5.88. The van der Waals surface area contributed by atoms with Crippen LogP contribution in [0.5, 0.6) is 0 Å². The molecule has 2 unspecified atom stereocenters. The lowest BCUT2D eigenvalue weighted by Crippen LogP contribution is -2.32. The van der Waals surface area contributed by atoms with Gasteiger partial charge in [-0.15, -0.1) is 0 Å². The Balaban J connectivity index is 1.96. The largest absolute Gasteiger partial charge is 0.329 e. The van der Waals surface area contributed by atoms with Crippen LogP contribution in [0.2, 0.25) is 0 Å². The van der Waals surface area contributed by atoms with E-state index in [9.17, 15) is 0 Å². The van der Waals surface area contributed by atoms with Crippen molar-refractivity contribution in [3.8, 4) is 0 Å². The summed E-state index contributed by atoms with van der Waals surface area (Å²) >= 11 is 7.03. The molecule has 0 spiro atoms. The van der Waals surface area contributed by atoms with Crippen molar-refractivity contribution in [3.63, 3.8) is 0 Å². The summed E-state index contributed by atoms with van der Waals surface area (Å²) in [5.74, 6) is 1.70. The van der Waals surface area contributed by atoms with Gasteiger partial charge in [0.15, 0.2) is 0 Å². The molecule has 100 valence electrons. The molecule has 1 aromatic rings. The summed E-state index contributed by atoms with van der Waals surface area (Å²) in [4.78, 5) is 0. The van der Waals surface area contributed by atoms with Crippen LogP contribution in [0.3, 0.4) is 0 Å². The second-order valence-corrected chi connectivity index (χ2v) is 6.89.